The normalized spacial score (nSPS) is 10.6. The van der Waals surface area contributed by atoms with E-state index in [4.69, 9.17) is 0 Å². The first-order valence-electron chi connectivity index (χ1n) is 6.60. The molecule has 19 heavy (non-hydrogen) atoms. The molecule has 0 saturated heterocycles. The summed E-state index contributed by atoms with van der Waals surface area (Å²) in [7, 11) is 0. The van der Waals surface area contributed by atoms with Crippen LogP contribution in [0.1, 0.15) is 19.4 Å². The second-order valence-electron chi connectivity index (χ2n) is 4.37. The molecule has 0 aliphatic carbocycles. The fraction of sp³-hybridized carbons (Fsp3) is 0.500. The fourth-order valence-electron chi connectivity index (χ4n) is 1.71. The summed E-state index contributed by atoms with van der Waals surface area (Å²) in [6.45, 7) is 9.15. The van der Waals surface area contributed by atoms with Crippen molar-refractivity contribution in [1.29, 1.82) is 0 Å². The van der Waals surface area contributed by atoms with Crippen LogP contribution in [0.25, 0.3) is 0 Å². The third-order valence-corrected chi connectivity index (χ3v) is 3.04. The third-order valence-electron chi connectivity index (χ3n) is 3.04. The highest BCUT2D eigenvalue weighted by molar-refractivity contribution is 5.89. The number of benzene rings is 1. The number of aryl methyl sites for hydroxylation is 1. The molecule has 106 valence electrons. The van der Waals surface area contributed by atoms with E-state index in [1.54, 1.807) is 19.1 Å². The Labute approximate surface area is 114 Å². The van der Waals surface area contributed by atoms with Crippen LogP contribution >= 0.6 is 0 Å². The van der Waals surface area contributed by atoms with Gasteiger partial charge in [0.05, 0.1) is 0 Å². The number of carbonyl (C=O) groups excluding carboxylic acids is 1. The minimum atomic E-state index is -0.319. The lowest BCUT2D eigenvalue weighted by Gasteiger charge is -2.18. The molecule has 1 aromatic carbocycles. The van der Waals surface area contributed by atoms with Gasteiger partial charge in [0.2, 0.25) is 0 Å². The number of carbonyl (C=O) groups is 1. The predicted molar refractivity (Wildman–Crippen MR) is 75.9 cm³/mol. The largest absolute Gasteiger partial charge is 0.337 e. The van der Waals surface area contributed by atoms with Gasteiger partial charge in [-0.1, -0.05) is 19.9 Å². The molecule has 2 N–H and O–H groups in total. The van der Waals surface area contributed by atoms with Crippen LogP contribution in [0.15, 0.2) is 18.2 Å². The van der Waals surface area contributed by atoms with Crippen LogP contribution in [0.3, 0.4) is 0 Å². The molecule has 0 fully saturated rings. The maximum atomic E-state index is 13.3. The van der Waals surface area contributed by atoms with E-state index >= 15 is 0 Å². The van der Waals surface area contributed by atoms with Crippen LogP contribution in [-0.2, 0) is 0 Å². The first-order chi connectivity index (χ1) is 9.06. The van der Waals surface area contributed by atoms with E-state index in [9.17, 15) is 9.18 Å². The molecule has 0 heterocycles. The van der Waals surface area contributed by atoms with Gasteiger partial charge in [0.25, 0.3) is 0 Å². The highest BCUT2D eigenvalue weighted by atomic mass is 19.1. The Bertz CT molecular complexity index is 419. The fourth-order valence-corrected chi connectivity index (χ4v) is 1.71. The summed E-state index contributed by atoms with van der Waals surface area (Å²) in [4.78, 5) is 13.8. The number of halogens is 1. The molecule has 0 bridgehead atoms. The third kappa shape index (κ3) is 5.26. The van der Waals surface area contributed by atoms with Gasteiger partial charge in [0.1, 0.15) is 5.82 Å². The number of amides is 2. The minimum Gasteiger partial charge on any atom is -0.337 e. The van der Waals surface area contributed by atoms with Gasteiger partial charge in [-0.15, -0.1) is 0 Å². The van der Waals surface area contributed by atoms with Crippen LogP contribution in [0.4, 0.5) is 14.9 Å². The van der Waals surface area contributed by atoms with Crippen LogP contribution in [0.5, 0.6) is 0 Å². The Balaban J connectivity index is 2.36. The molecule has 0 unspecified atom stereocenters. The van der Waals surface area contributed by atoms with E-state index in [1.807, 2.05) is 0 Å². The Hall–Kier alpha value is -1.62. The number of nitrogens with zero attached hydrogens (tertiary/aromatic N) is 1. The average molecular weight is 267 g/mol. The Morgan fingerprint density at radius 2 is 2.00 bits per heavy atom. The maximum Gasteiger partial charge on any atom is 0.319 e. The molecule has 0 atom stereocenters. The van der Waals surface area contributed by atoms with E-state index in [2.05, 4.69) is 29.4 Å². The summed E-state index contributed by atoms with van der Waals surface area (Å²) in [5, 5.41) is 5.36. The number of rotatable bonds is 6. The zero-order valence-corrected chi connectivity index (χ0v) is 11.8. The molecule has 0 aliphatic heterocycles. The Morgan fingerprint density at radius 3 is 2.58 bits per heavy atom. The molecule has 0 spiro atoms. The average Bonchev–Trinajstić information content (AvgIpc) is 2.39. The van der Waals surface area contributed by atoms with Crippen LogP contribution in [-0.4, -0.2) is 37.1 Å². The summed E-state index contributed by atoms with van der Waals surface area (Å²) < 4.78 is 13.3. The Kier molecular flexibility index (Phi) is 6.29. The lowest BCUT2D eigenvalue weighted by atomic mass is 10.2. The molecular weight excluding hydrogens is 245 g/mol. The van der Waals surface area contributed by atoms with Crippen molar-refractivity contribution in [3.8, 4) is 0 Å². The molecule has 2 amide bonds. The topological polar surface area (TPSA) is 44.4 Å². The first kappa shape index (κ1) is 15.4. The summed E-state index contributed by atoms with van der Waals surface area (Å²) in [6.07, 6.45) is 0. The smallest absolute Gasteiger partial charge is 0.319 e. The van der Waals surface area contributed by atoms with Gasteiger partial charge in [-0.25, -0.2) is 9.18 Å². The molecule has 0 saturated carbocycles. The van der Waals surface area contributed by atoms with Crippen LogP contribution in [0, 0.1) is 12.7 Å². The molecular formula is C14H22FN3O. The van der Waals surface area contributed by atoms with Crippen molar-refractivity contribution in [3.63, 3.8) is 0 Å². The first-order valence-corrected chi connectivity index (χ1v) is 6.60. The Morgan fingerprint density at radius 1 is 1.32 bits per heavy atom. The second kappa shape index (κ2) is 7.74. The van der Waals surface area contributed by atoms with Crippen molar-refractivity contribution < 1.29 is 9.18 Å². The van der Waals surface area contributed by atoms with E-state index < -0.39 is 0 Å². The zero-order valence-electron chi connectivity index (χ0n) is 11.8. The molecule has 0 aromatic heterocycles. The number of hydrogen-bond donors (Lipinski definition) is 2. The maximum absolute atomic E-state index is 13.3. The number of likely N-dealkylation sites (N-methyl/N-ethyl adjacent to an activating group) is 1. The predicted octanol–water partition coefficient (Wildman–Crippen LogP) is 2.60. The molecule has 1 rings (SSSR count). The number of urea groups is 1. The van der Waals surface area contributed by atoms with Gasteiger partial charge in [-0.2, -0.15) is 0 Å². The van der Waals surface area contributed by atoms with Crippen LogP contribution in [0.2, 0.25) is 0 Å². The zero-order chi connectivity index (χ0) is 14.3. The van der Waals surface area contributed by atoms with Crippen molar-refractivity contribution >= 4 is 11.7 Å². The van der Waals surface area contributed by atoms with Crippen molar-refractivity contribution in [2.45, 2.75) is 20.8 Å². The lowest BCUT2D eigenvalue weighted by molar-refractivity contribution is 0.248. The SMILES string of the molecule is CCN(CC)CCNC(=O)Nc1ccc(C)c(F)c1. The van der Waals surface area contributed by atoms with Gasteiger partial charge >= 0.3 is 6.03 Å². The van der Waals surface area contributed by atoms with Crippen molar-refractivity contribution in [3.05, 3.63) is 29.6 Å². The van der Waals surface area contributed by atoms with Crippen molar-refractivity contribution in [2.24, 2.45) is 0 Å². The van der Waals surface area contributed by atoms with Crippen molar-refractivity contribution in [2.75, 3.05) is 31.5 Å². The molecule has 0 aliphatic rings. The summed E-state index contributed by atoms with van der Waals surface area (Å²) >= 11 is 0. The molecule has 4 nitrogen and oxygen atoms in total. The summed E-state index contributed by atoms with van der Waals surface area (Å²) in [6, 6.07) is 4.33. The van der Waals surface area contributed by atoms with Gasteiger partial charge < -0.3 is 15.5 Å². The van der Waals surface area contributed by atoms with Gasteiger partial charge in [0.15, 0.2) is 0 Å². The highest BCUT2D eigenvalue weighted by Crippen LogP contribution is 2.13. The quantitative estimate of drug-likeness (QED) is 0.832. The van der Waals surface area contributed by atoms with Crippen LogP contribution < -0.4 is 10.6 Å². The number of anilines is 1. The van der Waals surface area contributed by atoms with E-state index in [0.717, 1.165) is 19.6 Å². The number of hydrogen-bond acceptors (Lipinski definition) is 2. The summed E-state index contributed by atoms with van der Waals surface area (Å²) in [5.41, 5.74) is 1.02. The summed E-state index contributed by atoms with van der Waals surface area (Å²) in [5.74, 6) is -0.319. The minimum absolute atomic E-state index is 0.310. The highest BCUT2D eigenvalue weighted by Gasteiger charge is 2.04. The number of nitrogens with one attached hydrogen (secondary N) is 2. The molecule has 5 heteroatoms. The van der Waals surface area contributed by atoms with Crippen molar-refractivity contribution in [1.82, 2.24) is 10.2 Å². The molecule has 0 radical (unpaired) electrons. The van der Waals surface area contributed by atoms with Gasteiger partial charge in [-0.05, 0) is 37.7 Å². The standard InChI is InChI=1S/C14H22FN3O/c1-4-18(5-2)9-8-16-14(19)17-12-7-6-11(3)13(15)10-12/h6-7,10H,4-5,8-9H2,1-3H3,(H2,16,17,19). The van der Waals surface area contributed by atoms with E-state index in [1.165, 1.54) is 6.07 Å². The van der Waals surface area contributed by atoms with E-state index in [-0.39, 0.29) is 11.8 Å². The van der Waals surface area contributed by atoms with Gasteiger partial charge in [0, 0.05) is 18.8 Å². The molecule has 1 aromatic rings. The van der Waals surface area contributed by atoms with E-state index in [0.29, 0.717) is 17.8 Å². The van der Waals surface area contributed by atoms with Gasteiger partial charge in [-0.3, -0.25) is 0 Å². The monoisotopic (exact) mass is 267 g/mol. The lowest BCUT2D eigenvalue weighted by Crippen LogP contribution is -2.36. The second-order valence-corrected chi connectivity index (χ2v) is 4.37.